The Morgan fingerprint density at radius 3 is 2.54 bits per heavy atom. The fraction of sp³-hybridized carbons (Fsp3) is 0.526. The normalized spacial score (nSPS) is 17.5. The zero-order valence-corrected chi connectivity index (χ0v) is 18.4. The van der Waals surface area contributed by atoms with Gasteiger partial charge in [-0.1, -0.05) is 18.2 Å². The van der Waals surface area contributed by atoms with E-state index in [1.807, 2.05) is 29.3 Å². The fourth-order valence-corrected chi connectivity index (χ4v) is 3.51. The molecule has 2 N–H and O–H groups in total. The highest BCUT2D eigenvalue weighted by molar-refractivity contribution is 14.0. The third-order valence-corrected chi connectivity index (χ3v) is 5.20. The molecule has 3 rings (SSSR count). The van der Waals surface area contributed by atoms with Crippen molar-refractivity contribution in [1.29, 1.82) is 0 Å². The van der Waals surface area contributed by atoms with Crippen LogP contribution in [0, 0.1) is 0 Å². The lowest BCUT2D eigenvalue weighted by atomic mass is 10.1. The van der Waals surface area contributed by atoms with E-state index in [1.54, 1.807) is 7.05 Å². The smallest absolute Gasteiger partial charge is 0.361 e. The second kappa shape index (κ2) is 9.82. The van der Waals surface area contributed by atoms with Crippen molar-refractivity contribution in [3.05, 3.63) is 36.0 Å². The second-order valence-corrected chi connectivity index (χ2v) is 6.82. The first-order valence-electron chi connectivity index (χ1n) is 9.21. The number of alkyl halides is 3. The lowest BCUT2D eigenvalue weighted by Gasteiger charge is -2.39. The highest BCUT2D eigenvalue weighted by Gasteiger charge is 2.41. The quantitative estimate of drug-likeness (QED) is 0.377. The topological polar surface area (TPSA) is 46.7 Å². The number of benzene rings is 1. The molecular formula is C19H27F3IN5. The van der Waals surface area contributed by atoms with E-state index in [9.17, 15) is 13.2 Å². The highest BCUT2D eigenvalue weighted by Crippen LogP contribution is 2.25. The van der Waals surface area contributed by atoms with Crippen molar-refractivity contribution in [3.8, 4) is 0 Å². The van der Waals surface area contributed by atoms with Gasteiger partial charge in [-0.05, 0) is 25.0 Å². The average molecular weight is 509 g/mol. The predicted molar refractivity (Wildman–Crippen MR) is 117 cm³/mol. The van der Waals surface area contributed by atoms with E-state index in [-0.39, 0.29) is 24.0 Å². The molecule has 1 fully saturated rings. The van der Waals surface area contributed by atoms with Crippen molar-refractivity contribution in [2.45, 2.75) is 25.6 Å². The van der Waals surface area contributed by atoms with Gasteiger partial charge in [-0.15, -0.1) is 24.0 Å². The van der Waals surface area contributed by atoms with Gasteiger partial charge in [-0.2, -0.15) is 13.2 Å². The summed E-state index contributed by atoms with van der Waals surface area (Å²) in [6.45, 7) is 3.77. The average Bonchev–Trinajstić information content (AvgIpc) is 3.07. The lowest BCUT2D eigenvalue weighted by molar-refractivity contribution is -0.181. The van der Waals surface area contributed by atoms with Crippen molar-refractivity contribution in [2.24, 2.45) is 4.99 Å². The van der Waals surface area contributed by atoms with E-state index >= 15 is 0 Å². The van der Waals surface area contributed by atoms with Gasteiger partial charge in [0.25, 0.3) is 0 Å². The summed E-state index contributed by atoms with van der Waals surface area (Å²) in [5.41, 5.74) is 2.35. The Morgan fingerprint density at radius 2 is 1.89 bits per heavy atom. The number of rotatable bonds is 4. The Bertz CT molecular complexity index is 781. The number of nitrogens with one attached hydrogen (secondary N) is 2. The van der Waals surface area contributed by atoms with Crippen LogP contribution in [0.25, 0.3) is 10.9 Å². The van der Waals surface area contributed by atoms with Gasteiger partial charge < -0.3 is 15.2 Å². The molecule has 9 heteroatoms. The van der Waals surface area contributed by atoms with Gasteiger partial charge in [0.2, 0.25) is 0 Å². The molecule has 1 aromatic heterocycles. The molecule has 1 aliphatic heterocycles. The van der Waals surface area contributed by atoms with E-state index < -0.39 is 12.2 Å². The molecule has 0 amide bonds. The van der Waals surface area contributed by atoms with Crippen LogP contribution < -0.4 is 5.32 Å². The zero-order chi connectivity index (χ0) is 19.4. The summed E-state index contributed by atoms with van der Waals surface area (Å²) in [7, 11) is 1.71. The number of halogens is 4. The Balaban J connectivity index is 0.00000280. The molecule has 5 nitrogen and oxygen atoms in total. The summed E-state index contributed by atoms with van der Waals surface area (Å²) in [5, 5.41) is 4.55. The molecule has 0 spiro atoms. The summed E-state index contributed by atoms with van der Waals surface area (Å²) in [6.07, 6.45) is -1.32. The molecule has 156 valence electrons. The largest absolute Gasteiger partial charge is 0.403 e. The SMILES string of the molecule is CN=C(NCCc1c[nH]c2ccccc12)N1CCN(C(C)C(F)(F)F)CC1.I. The number of fused-ring (bicyclic) bond motifs is 1. The third-order valence-electron chi connectivity index (χ3n) is 5.20. The van der Waals surface area contributed by atoms with E-state index in [2.05, 4.69) is 21.4 Å². The zero-order valence-electron chi connectivity index (χ0n) is 16.1. The van der Waals surface area contributed by atoms with Gasteiger partial charge in [0.1, 0.15) is 6.04 Å². The molecule has 0 bridgehead atoms. The summed E-state index contributed by atoms with van der Waals surface area (Å²) < 4.78 is 38.6. The van der Waals surface area contributed by atoms with Crippen LogP contribution in [0.1, 0.15) is 12.5 Å². The molecule has 1 saturated heterocycles. The number of nitrogens with zero attached hydrogens (tertiary/aromatic N) is 3. The first-order valence-corrected chi connectivity index (χ1v) is 9.21. The van der Waals surface area contributed by atoms with Gasteiger partial charge in [0.15, 0.2) is 5.96 Å². The van der Waals surface area contributed by atoms with Gasteiger partial charge in [-0.3, -0.25) is 9.89 Å². The molecule has 0 radical (unpaired) electrons. The fourth-order valence-electron chi connectivity index (χ4n) is 3.51. The number of piperazine rings is 1. The van der Waals surface area contributed by atoms with E-state index in [0.717, 1.165) is 17.9 Å². The van der Waals surface area contributed by atoms with Gasteiger partial charge in [0, 0.05) is 56.9 Å². The molecular weight excluding hydrogens is 482 g/mol. The number of guanidine groups is 1. The number of hydrogen-bond donors (Lipinski definition) is 2. The number of hydrogen-bond acceptors (Lipinski definition) is 2. The maximum atomic E-state index is 12.9. The van der Waals surface area contributed by atoms with Crippen molar-refractivity contribution >= 4 is 40.8 Å². The first kappa shape index (κ1) is 22.8. The third kappa shape index (κ3) is 5.31. The predicted octanol–water partition coefficient (Wildman–Crippen LogP) is 3.47. The van der Waals surface area contributed by atoms with Crippen molar-refractivity contribution in [1.82, 2.24) is 20.1 Å². The Labute approximate surface area is 180 Å². The summed E-state index contributed by atoms with van der Waals surface area (Å²) in [5.74, 6) is 0.745. The van der Waals surface area contributed by atoms with Crippen LogP contribution >= 0.6 is 24.0 Å². The molecule has 2 heterocycles. The molecule has 1 aliphatic rings. The Hall–Kier alpha value is -1.49. The van der Waals surface area contributed by atoms with Crippen LogP contribution in [-0.4, -0.2) is 72.7 Å². The number of para-hydroxylation sites is 1. The molecule has 2 aromatic rings. The minimum Gasteiger partial charge on any atom is -0.361 e. The number of aromatic amines is 1. The van der Waals surface area contributed by atoms with Crippen LogP contribution in [0.3, 0.4) is 0 Å². The summed E-state index contributed by atoms with van der Waals surface area (Å²) >= 11 is 0. The van der Waals surface area contributed by atoms with E-state index in [1.165, 1.54) is 22.8 Å². The maximum absolute atomic E-state index is 12.9. The Morgan fingerprint density at radius 1 is 1.21 bits per heavy atom. The number of H-pyrrole nitrogens is 1. The van der Waals surface area contributed by atoms with Crippen molar-refractivity contribution < 1.29 is 13.2 Å². The van der Waals surface area contributed by atoms with E-state index in [0.29, 0.717) is 32.7 Å². The van der Waals surface area contributed by atoms with Crippen molar-refractivity contribution in [3.63, 3.8) is 0 Å². The molecule has 0 saturated carbocycles. The lowest BCUT2D eigenvalue weighted by Crippen LogP contribution is -2.56. The number of aromatic nitrogens is 1. The van der Waals surface area contributed by atoms with Crippen LogP contribution in [0.4, 0.5) is 13.2 Å². The Kier molecular flexibility index (Phi) is 7.99. The minimum absolute atomic E-state index is 0. The monoisotopic (exact) mass is 509 g/mol. The molecule has 1 aromatic carbocycles. The molecule has 1 unspecified atom stereocenters. The van der Waals surface area contributed by atoms with Crippen molar-refractivity contribution in [2.75, 3.05) is 39.8 Å². The second-order valence-electron chi connectivity index (χ2n) is 6.82. The maximum Gasteiger partial charge on any atom is 0.403 e. The molecule has 28 heavy (non-hydrogen) atoms. The van der Waals surface area contributed by atoms with Gasteiger partial charge in [0.05, 0.1) is 0 Å². The van der Waals surface area contributed by atoms with Crippen LogP contribution in [-0.2, 0) is 6.42 Å². The highest BCUT2D eigenvalue weighted by atomic mass is 127. The molecule has 0 aliphatic carbocycles. The standard InChI is InChI=1S/C19H26F3N5.HI/c1-14(19(20,21)22)26-9-11-27(12-10-26)18(23-2)24-8-7-15-13-25-17-6-4-3-5-16(15)17;/h3-6,13-14,25H,7-12H2,1-2H3,(H,23,24);1H. The van der Waals surface area contributed by atoms with Crippen LogP contribution in [0.5, 0.6) is 0 Å². The molecule has 1 atom stereocenters. The van der Waals surface area contributed by atoms with Gasteiger partial charge in [-0.25, -0.2) is 0 Å². The first-order chi connectivity index (χ1) is 12.9. The van der Waals surface area contributed by atoms with Crippen LogP contribution in [0.15, 0.2) is 35.5 Å². The minimum atomic E-state index is -4.18. The summed E-state index contributed by atoms with van der Waals surface area (Å²) in [4.78, 5) is 11.1. The van der Waals surface area contributed by atoms with E-state index in [4.69, 9.17) is 0 Å². The number of aliphatic imine (C=N–C) groups is 1. The van der Waals surface area contributed by atoms with Crippen LogP contribution in [0.2, 0.25) is 0 Å². The van der Waals surface area contributed by atoms with Gasteiger partial charge >= 0.3 is 6.18 Å². The summed E-state index contributed by atoms with van der Waals surface area (Å²) in [6, 6.07) is 6.76.